The van der Waals surface area contributed by atoms with Crippen LogP contribution in [0.5, 0.6) is 0 Å². The summed E-state index contributed by atoms with van der Waals surface area (Å²) in [6.07, 6.45) is 5.07. The molecule has 0 aromatic carbocycles. The van der Waals surface area contributed by atoms with Crippen LogP contribution in [0, 0.1) is 0 Å². The summed E-state index contributed by atoms with van der Waals surface area (Å²) in [4.78, 5) is 20.5. The number of thiazole rings is 1. The van der Waals surface area contributed by atoms with Gasteiger partial charge in [0.15, 0.2) is 0 Å². The number of hydrogen-bond acceptors (Lipinski definition) is 5. The molecule has 1 fully saturated rings. The molecular formula is C14H24N4OS2. The molecule has 2 heterocycles. The maximum absolute atomic E-state index is 12.1. The highest BCUT2D eigenvalue weighted by atomic mass is 32.2. The molecule has 1 unspecified atom stereocenters. The van der Waals surface area contributed by atoms with E-state index in [-0.39, 0.29) is 6.03 Å². The van der Waals surface area contributed by atoms with Gasteiger partial charge in [-0.2, -0.15) is 0 Å². The Labute approximate surface area is 135 Å². The van der Waals surface area contributed by atoms with Crippen LogP contribution in [0.15, 0.2) is 15.9 Å². The molecule has 0 spiro atoms. The second kappa shape index (κ2) is 8.60. The number of nitrogens with zero attached hydrogens (tertiary/aromatic N) is 3. The zero-order chi connectivity index (χ0) is 15.1. The average molecular weight is 329 g/mol. The molecule has 0 saturated carbocycles. The monoisotopic (exact) mass is 328 g/mol. The number of aromatic nitrogens is 1. The van der Waals surface area contributed by atoms with Gasteiger partial charge in [0, 0.05) is 43.0 Å². The summed E-state index contributed by atoms with van der Waals surface area (Å²) in [5.74, 6) is 0.994. The number of urea groups is 1. The minimum Gasteiger partial charge on any atom is -0.338 e. The third kappa shape index (κ3) is 5.48. The molecule has 118 valence electrons. The van der Waals surface area contributed by atoms with Gasteiger partial charge in [-0.05, 0) is 33.4 Å². The third-order valence-electron chi connectivity index (χ3n) is 3.65. The normalized spacial score (nSPS) is 19.0. The molecule has 7 heteroatoms. The van der Waals surface area contributed by atoms with Gasteiger partial charge in [-0.1, -0.05) is 11.8 Å². The number of likely N-dealkylation sites (N-methyl/N-ethyl adjacent to an activating group) is 1. The van der Waals surface area contributed by atoms with E-state index in [1.807, 2.05) is 16.5 Å². The summed E-state index contributed by atoms with van der Waals surface area (Å²) in [5.41, 5.74) is 0. The van der Waals surface area contributed by atoms with Gasteiger partial charge < -0.3 is 15.1 Å². The summed E-state index contributed by atoms with van der Waals surface area (Å²) >= 11 is 3.42. The smallest absolute Gasteiger partial charge is 0.317 e. The van der Waals surface area contributed by atoms with E-state index in [4.69, 9.17) is 0 Å². The number of likely N-dealkylation sites (tertiary alicyclic amines) is 1. The van der Waals surface area contributed by atoms with Crippen LogP contribution in [0.3, 0.4) is 0 Å². The van der Waals surface area contributed by atoms with E-state index in [0.717, 1.165) is 42.6 Å². The van der Waals surface area contributed by atoms with Gasteiger partial charge in [-0.3, -0.25) is 0 Å². The van der Waals surface area contributed by atoms with E-state index in [9.17, 15) is 4.79 Å². The van der Waals surface area contributed by atoms with Crippen LogP contribution in [0.1, 0.15) is 19.3 Å². The van der Waals surface area contributed by atoms with Gasteiger partial charge in [0.2, 0.25) is 0 Å². The second-order valence-corrected chi connectivity index (χ2v) is 7.67. The molecule has 1 N–H and O–H groups in total. The molecule has 1 aromatic rings. The Kier molecular flexibility index (Phi) is 6.79. The number of nitrogens with one attached hydrogen (secondary N) is 1. The van der Waals surface area contributed by atoms with Crippen molar-refractivity contribution in [1.29, 1.82) is 0 Å². The molecule has 21 heavy (non-hydrogen) atoms. The summed E-state index contributed by atoms with van der Waals surface area (Å²) in [6, 6.07) is 0.575. The fourth-order valence-corrected chi connectivity index (χ4v) is 4.03. The molecule has 2 rings (SSSR count). The Bertz CT molecular complexity index is 425. The number of piperidine rings is 1. The molecular weight excluding hydrogens is 304 g/mol. The van der Waals surface area contributed by atoms with Crippen molar-refractivity contribution in [1.82, 2.24) is 20.1 Å². The van der Waals surface area contributed by atoms with Gasteiger partial charge in [0.25, 0.3) is 0 Å². The van der Waals surface area contributed by atoms with Crippen LogP contribution >= 0.6 is 23.1 Å². The zero-order valence-electron chi connectivity index (χ0n) is 12.7. The predicted molar refractivity (Wildman–Crippen MR) is 89.1 cm³/mol. The Hall–Kier alpha value is -0.790. The summed E-state index contributed by atoms with van der Waals surface area (Å²) in [5, 5.41) is 5.02. The molecule has 1 atom stereocenters. The van der Waals surface area contributed by atoms with Crippen LogP contribution in [-0.2, 0) is 0 Å². The Morgan fingerprint density at radius 2 is 2.48 bits per heavy atom. The Morgan fingerprint density at radius 1 is 1.62 bits per heavy atom. The molecule has 0 bridgehead atoms. The summed E-state index contributed by atoms with van der Waals surface area (Å²) in [7, 11) is 4.17. The van der Waals surface area contributed by atoms with E-state index in [1.165, 1.54) is 6.42 Å². The largest absolute Gasteiger partial charge is 0.338 e. The second-order valence-electron chi connectivity index (χ2n) is 5.44. The van der Waals surface area contributed by atoms with Gasteiger partial charge in [-0.15, -0.1) is 11.3 Å². The van der Waals surface area contributed by atoms with E-state index in [2.05, 4.69) is 29.3 Å². The van der Waals surface area contributed by atoms with Crippen molar-refractivity contribution in [3.8, 4) is 0 Å². The first-order chi connectivity index (χ1) is 10.2. The number of amides is 2. The maximum Gasteiger partial charge on any atom is 0.317 e. The van der Waals surface area contributed by atoms with E-state index in [1.54, 1.807) is 23.1 Å². The first-order valence-electron chi connectivity index (χ1n) is 7.38. The topological polar surface area (TPSA) is 48.5 Å². The van der Waals surface area contributed by atoms with Crippen LogP contribution in [0.25, 0.3) is 0 Å². The standard InChI is InChI=1S/C14H24N4OS2/c1-17(2)12-5-3-8-18(11-12)13(19)15-6-4-9-20-14-16-7-10-21-14/h7,10,12H,3-6,8-9,11H2,1-2H3,(H,15,19). The fraction of sp³-hybridized carbons (Fsp3) is 0.714. The first kappa shape index (κ1) is 16.6. The van der Waals surface area contributed by atoms with Crippen molar-refractivity contribution in [2.24, 2.45) is 0 Å². The molecule has 2 amide bonds. The van der Waals surface area contributed by atoms with Crippen molar-refractivity contribution >= 4 is 29.1 Å². The van der Waals surface area contributed by atoms with Gasteiger partial charge in [-0.25, -0.2) is 9.78 Å². The molecule has 0 radical (unpaired) electrons. The lowest BCUT2D eigenvalue weighted by molar-refractivity contribution is 0.140. The number of thioether (sulfide) groups is 1. The van der Waals surface area contributed by atoms with Crippen LogP contribution in [0.2, 0.25) is 0 Å². The SMILES string of the molecule is CN(C)C1CCCN(C(=O)NCCCSc2nccs2)C1. The van der Waals surface area contributed by atoms with E-state index >= 15 is 0 Å². The Balaban J connectivity index is 1.60. The number of carbonyl (C=O) groups is 1. The van der Waals surface area contributed by atoms with Crippen LogP contribution in [0.4, 0.5) is 4.79 Å². The molecule has 1 saturated heterocycles. The van der Waals surface area contributed by atoms with Crippen molar-refractivity contribution in [3.05, 3.63) is 11.6 Å². The van der Waals surface area contributed by atoms with Crippen molar-refractivity contribution in [3.63, 3.8) is 0 Å². The van der Waals surface area contributed by atoms with Gasteiger partial charge in [0.1, 0.15) is 4.34 Å². The average Bonchev–Trinajstić information content (AvgIpc) is 3.00. The lowest BCUT2D eigenvalue weighted by Crippen LogP contribution is -2.50. The van der Waals surface area contributed by atoms with Gasteiger partial charge >= 0.3 is 6.03 Å². The van der Waals surface area contributed by atoms with Crippen molar-refractivity contribution in [2.75, 3.05) is 39.5 Å². The Morgan fingerprint density at radius 3 is 3.19 bits per heavy atom. The van der Waals surface area contributed by atoms with Gasteiger partial charge in [0.05, 0.1) is 0 Å². The lowest BCUT2D eigenvalue weighted by atomic mass is 10.1. The maximum atomic E-state index is 12.1. The number of rotatable bonds is 6. The molecule has 0 aliphatic carbocycles. The van der Waals surface area contributed by atoms with Crippen LogP contribution in [-0.4, -0.2) is 66.3 Å². The minimum atomic E-state index is 0.0841. The highest BCUT2D eigenvalue weighted by Crippen LogP contribution is 2.20. The quantitative estimate of drug-likeness (QED) is 0.643. The first-order valence-corrected chi connectivity index (χ1v) is 9.25. The molecule has 1 aliphatic rings. The van der Waals surface area contributed by atoms with E-state index in [0.29, 0.717) is 6.04 Å². The number of hydrogen-bond donors (Lipinski definition) is 1. The molecule has 1 aliphatic heterocycles. The lowest BCUT2D eigenvalue weighted by Gasteiger charge is -2.36. The highest BCUT2D eigenvalue weighted by Gasteiger charge is 2.24. The summed E-state index contributed by atoms with van der Waals surface area (Å²) in [6.45, 7) is 2.46. The van der Waals surface area contributed by atoms with Crippen molar-refractivity contribution < 1.29 is 4.79 Å². The predicted octanol–water partition coefficient (Wildman–Crippen LogP) is 2.36. The number of carbonyl (C=O) groups excluding carboxylic acids is 1. The van der Waals surface area contributed by atoms with Crippen molar-refractivity contribution in [2.45, 2.75) is 29.6 Å². The summed E-state index contributed by atoms with van der Waals surface area (Å²) < 4.78 is 1.10. The zero-order valence-corrected chi connectivity index (χ0v) is 14.4. The van der Waals surface area contributed by atoms with Crippen LogP contribution < -0.4 is 5.32 Å². The molecule has 5 nitrogen and oxygen atoms in total. The minimum absolute atomic E-state index is 0.0841. The fourth-order valence-electron chi connectivity index (χ4n) is 2.38. The third-order valence-corrected chi connectivity index (χ3v) is 5.70. The molecule has 1 aromatic heterocycles. The van der Waals surface area contributed by atoms with E-state index < -0.39 is 0 Å². The highest BCUT2D eigenvalue weighted by molar-refractivity contribution is 8.00.